The number of fused-ring (bicyclic) bond motifs is 1. The average Bonchev–Trinajstić information content (AvgIpc) is 3.05. The van der Waals surface area contributed by atoms with Crippen LogP contribution < -0.4 is 5.32 Å². The zero-order valence-corrected chi connectivity index (χ0v) is 17.9. The summed E-state index contributed by atoms with van der Waals surface area (Å²) in [6.45, 7) is 6.67. The molecule has 1 saturated heterocycles. The fraction of sp³-hybridized carbons (Fsp3) is 0.650. The van der Waals surface area contributed by atoms with Crippen LogP contribution in [0.3, 0.4) is 0 Å². The van der Waals surface area contributed by atoms with Crippen molar-refractivity contribution in [2.24, 2.45) is 16.8 Å². The van der Waals surface area contributed by atoms with Gasteiger partial charge in [0.05, 0.1) is 6.61 Å². The maximum Gasteiger partial charge on any atom is 0.193 e. The maximum absolute atomic E-state index is 5.45. The van der Waals surface area contributed by atoms with Gasteiger partial charge in [0, 0.05) is 33.3 Å². The van der Waals surface area contributed by atoms with Crippen molar-refractivity contribution in [2.75, 3.05) is 26.7 Å². The molecular weight excluding hydrogens is 425 g/mol. The summed E-state index contributed by atoms with van der Waals surface area (Å²) in [4.78, 5) is 6.97. The number of hydrogen-bond acceptors (Lipinski definition) is 2. The second kappa shape index (κ2) is 10.4. The second-order valence-electron chi connectivity index (χ2n) is 7.06. The lowest BCUT2D eigenvalue weighted by atomic mass is 9.82. The Hall–Kier alpha value is -0.820. The molecule has 0 spiro atoms. The van der Waals surface area contributed by atoms with E-state index < -0.39 is 0 Å². The van der Waals surface area contributed by atoms with E-state index in [0.29, 0.717) is 6.61 Å². The Morgan fingerprint density at radius 3 is 2.28 bits per heavy atom. The first-order chi connectivity index (χ1) is 11.8. The minimum Gasteiger partial charge on any atom is -0.377 e. The molecule has 0 amide bonds. The molecule has 1 saturated carbocycles. The number of rotatable bonds is 5. The highest BCUT2D eigenvalue weighted by Crippen LogP contribution is 2.35. The molecule has 0 radical (unpaired) electrons. The van der Waals surface area contributed by atoms with Crippen LogP contribution in [0, 0.1) is 11.8 Å². The van der Waals surface area contributed by atoms with Crippen LogP contribution in [0.2, 0.25) is 0 Å². The minimum atomic E-state index is 0. The van der Waals surface area contributed by atoms with Crippen LogP contribution in [0.4, 0.5) is 0 Å². The molecule has 0 aromatic heterocycles. The Morgan fingerprint density at radius 1 is 1.12 bits per heavy atom. The summed E-state index contributed by atoms with van der Waals surface area (Å²) in [7, 11) is 1.90. The van der Waals surface area contributed by atoms with Crippen LogP contribution in [0.15, 0.2) is 29.3 Å². The molecule has 4 nitrogen and oxygen atoms in total. The molecule has 1 heterocycles. The zero-order valence-electron chi connectivity index (χ0n) is 15.5. The lowest BCUT2D eigenvalue weighted by molar-refractivity contribution is 0.134. The van der Waals surface area contributed by atoms with Gasteiger partial charge in [0.1, 0.15) is 0 Å². The monoisotopic (exact) mass is 457 g/mol. The van der Waals surface area contributed by atoms with Gasteiger partial charge in [-0.3, -0.25) is 4.99 Å². The first kappa shape index (κ1) is 20.5. The highest BCUT2D eigenvalue weighted by atomic mass is 127. The van der Waals surface area contributed by atoms with Crippen LogP contribution in [-0.4, -0.2) is 37.6 Å². The van der Waals surface area contributed by atoms with Gasteiger partial charge in [0.2, 0.25) is 0 Å². The van der Waals surface area contributed by atoms with Crippen molar-refractivity contribution in [3.05, 3.63) is 35.4 Å². The van der Waals surface area contributed by atoms with E-state index in [1.165, 1.54) is 49.9 Å². The van der Waals surface area contributed by atoms with E-state index >= 15 is 0 Å². The fourth-order valence-electron chi connectivity index (χ4n) is 4.07. The highest BCUT2D eigenvalue weighted by Gasteiger charge is 2.35. The third-order valence-corrected chi connectivity index (χ3v) is 5.43. The van der Waals surface area contributed by atoms with E-state index in [9.17, 15) is 0 Å². The molecule has 1 aliphatic carbocycles. The Morgan fingerprint density at radius 2 is 1.72 bits per heavy atom. The van der Waals surface area contributed by atoms with E-state index in [1.807, 2.05) is 14.0 Å². The van der Waals surface area contributed by atoms with E-state index in [4.69, 9.17) is 4.74 Å². The first-order valence-electron chi connectivity index (χ1n) is 9.41. The van der Waals surface area contributed by atoms with Crippen molar-refractivity contribution >= 4 is 29.9 Å². The average molecular weight is 457 g/mol. The summed E-state index contributed by atoms with van der Waals surface area (Å²) in [5.41, 5.74) is 2.52. The summed E-state index contributed by atoms with van der Waals surface area (Å²) in [6, 6.07) is 8.66. The molecule has 0 bridgehead atoms. The second-order valence-corrected chi connectivity index (χ2v) is 7.06. The summed E-state index contributed by atoms with van der Waals surface area (Å²) in [6.07, 6.45) is 5.63. The lowest BCUT2D eigenvalue weighted by Crippen LogP contribution is -2.39. The Bertz CT molecular complexity index is 532. The highest BCUT2D eigenvalue weighted by molar-refractivity contribution is 14.0. The van der Waals surface area contributed by atoms with Crippen LogP contribution in [0.1, 0.15) is 43.7 Å². The molecule has 25 heavy (non-hydrogen) atoms. The van der Waals surface area contributed by atoms with Crippen molar-refractivity contribution < 1.29 is 4.74 Å². The maximum atomic E-state index is 5.45. The molecule has 2 aliphatic rings. The number of halogens is 1. The first-order valence-corrected chi connectivity index (χ1v) is 9.41. The number of aliphatic imine (C=N–C) groups is 1. The number of guanidine groups is 1. The number of nitrogens with zero attached hydrogens (tertiary/aromatic N) is 2. The number of likely N-dealkylation sites (tertiary alicyclic amines) is 1. The third kappa shape index (κ3) is 5.58. The molecule has 3 rings (SSSR count). The molecule has 1 aromatic rings. The summed E-state index contributed by atoms with van der Waals surface area (Å²) in [5.74, 6) is 2.83. The molecule has 1 N–H and O–H groups in total. The largest absolute Gasteiger partial charge is 0.377 e. The molecule has 1 aromatic carbocycles. The van der Waals surface area contributed by atoms with E-state index in [1.54, 1.807) is 0 Å². The van der Waals surface area contributed by atoms with Gasteiger partial charge in [-0.1, -0.05) is 37.1 Å². The van der Waals surface area contributed by atoms with Crippen molar-refractivity contribution in [1.82, 2.24) is 10.2 Å². The molecule has 1 aliphatic heterocycles. The van der Waals surface area contributed by atoms with Gasteiger partial charge in [-0.15, -0.1) is 24.0 Å². The van der Waals surface area contributed by atoms with Gasteiger partial charge >= 0.3 is 0 Å². The van der Waals surface area contributed by atoms with Gasteiger partial charge in [-0.25, -0.2) is 0 Å². The smallest absolute Gasteiger partial charge is 0.193 e. The molecular formula is C20H32IN3O. The summed E-state index contributed by atoms with van der Waals surface area (Å²) in [5, 5.41) is 3.54. The Kier molecular flexibility index (Phi) is 8.49. The van der Waals surface area contributed by atoms with Crippen LogP contribution in [0.25, 0.3) is 0 Å². The standard InChI is InChI=1S/C20H31N3O.HI/c1-3-24-15-17-10-8-16(9-11-17)12-22-20(21-2)23-13-18-6-4-5-7-19(18)14-23;/h8-11,18-19H,3-7,12-15H2,1-2H3,(H,21,22);1H. The number of benzene rings is 1. The quantitative estimate of drug-likeness (QED) is 0.412. The molecule has 2 atom stereocenters. The van der Waals surface area contributed by atoms with Gasteiger partial charge in [-0.05, 0) is 42.7 Å². The predicted molar refractivity (Wildman–Crippen MR) is 114 cm³/mol. The van der Waals surface area contributed by atoms with Gasteiger partial charge < -0.3 is 15.0 Å². The normalized spacial score (nSPS) is 23.1. The topological polar surface area (TPSA) is 36.9 Å². The SMILES string of the molecule is CCOCc1ccc(CNC(=NC)N2CC3CCCCC3C2)cc1.I. The Balaban J connectivity index is 0.00000225. The van der Waals surface area contributed by atoms with E-state index in [2.05, 4.69) is 39.5 Å². The molecule has 5 heteroatoms. The zero-order chi connectivity index (χ0) is 16.8. The number of hydrogen-bond donors (Lipinski definition) is 1. The predicted octanol–water partition coefficient (Wildman–Crippen LogP) is 4.04. The van der Waals surface area contributed by atoms with Gasteiger partial charge in [-0.2, -0.15) is 0 Å². The summed E-state index contributed by atoms with van der Waals surface area (Å²) >= 11 is 0. The van der Waals surface area contributed by atoms with Crippen molar-refractivity contribution in [1.29, 1.82) is 0 Å². The van der Waals surface area contributed by atoms with Crippen LogP contribution >= 0.6 is 24.0 Å². The van der Waals surface area contributed by atoms with Gasteiger partial charge in [0.25, 0.3) is 0 Å². The molecule has 140 valence electrons. The molecule has 2 unspecified atom stereocenters. The summed E-state index contributed by atoms with van der Waals surface area (Å²) < 4.78 is 5.45. The van der Waals surface area contributed by atoms with Crippen molar-refractivity contribution in [3.8, 4) is 0 Å². The minimum absolute atomic E-state index is 0. The fourth-order valence-corrected chi connectivity index (χ4v) is 4.07. The Labute approximate surface area is 169 Å². The van der Waals surface area contributed by atoms with E-state index in [-0.39, 0.29) is 24.0 Å². The van der Waals surface area contributed by atoms with Crippen molar-refractivity contribution in [3.63, 3.8) is 0 Å². The van der Waals surface area contributed by atoms with Crippen LogP contribution in [0.5, 0.6) is 0 Å². The number of nitrogens with one attached hydrogen (secondary N) is 1. The van der Waals surface area contributed by atoms with E-state index in [0.717, 1.165) is 30.9 Å². The number of ether oxygens (including phenoxy) is 1. The van der Waals surface area contributed by atoms with Crippen LogP contribution in [-0.2, 0) is 17.9 Å². The molecule has 2 fully saturated rings. The van der Waals surface area contributed by atoms with Gasteiger partial charge in [0.15, 0.2) is 5.96 Å². The van der Waals surface area contributed by atoms with Crippen molar-refractivity contribution in [2.45, 2.75) is 45.8 Å². The third-order valence-electron chi connectivity index (χ3n) is 5.43. The lowest BCUT2D eigenvalue weighted by Gasteiger charge is -2.22.